The van der Waals surface area contributed by atoms with Gasteiger partial charge in [-0.1, -0.05) is 42.0 Å². The molecule has 0 fully saturated rings. The van der Waals surface area contributed by atoms with Crippen LogP contribution in [0.15, 0.2) is 77.7 Å². The highest BCUT2D eigenvalue weighted by Crippen LogP contribution is 2.28. The first kappa shape index (κ1) is 19.2. The molecule has 3 aromatic rings. The van der Waals surface area contributed by atoms with E-state index in [4.69, 9.17) is 0 Å². The first-order chi connectivity index (χ1) is 13.9. The Morgan fingerprint density at radius 1 is 0.966 bits per heavy atom. The van der Waals surface area contributed by atoms with E-state index in [2.05, 4.69) is 4.72 Å². The summed E-state index contributed by atoms with van der Waals surface area (Å²) in [5.74, 6) is -0.131. The van der Waals surface area contributed by atoms with Crippen LogP contribution in [0.2, 0.25) is 0 Å². The van der Waals surface area contributed by atoms with Crippen molar-refractivity contribution in [2.75, 3.05) is 16.2 Å². The third-order valence-electron chi connectivity index (χ3n) is 5.05. The van der Waals surface area contributed by atoms with Crippen molar-refractivity contribution in [3.8, 4) is 0 Å². The monoisotopic (exact) mass is 406 g/mol. The largest absolute Gasteiger partial charge is 0.308 e. The number of fused-ring (bicyclic) bond motifs is 1. The molecule has 0 spiro atoms. The van der Waals surface area contributed by atoms with Crippen LogP contribution in [0.3, 0.4) is 0 Å². The second-order valence-corrected chi connectivity index (χ2v) is 8.87. The first-order valence-corrected chi connectivity index (χ1v) is 11.0. The van der Waals surface area contributed by atoms with Gasteiger partial charge in [0.25, 0.3) is 15.9 Å². The Morgan fingerprint density at radius 3 is 2.52 bits per heavy atom. The summed E-state index contributed by atoms with van der Waals surface area (Å²) in [7, 11) is -3.72. The minimum absolute atomic E-state index is 0.131. The smallest absolute Gasteiger partial charge is 0.261 e. The van der Waals surface area contributed by atoms with Crippen LogP contribution >= 0.6 is 0 Å². The van der Waals surface area contributed by atoms with Gasteiger partial charge in [-0.05, 0) is 61.7 Å². The van der Waals surface area contributed by atoms with E-state index in [0.29, 0.717) is 17.8 Å². The van der Waals surface area contributed by atoms with Crippen LogP contribution in [0.5, 0.6) is 0 Å². The Bertz CT molecular complexity index is 1150. The van der Waals surface area contributed by atoms with E-state index in [1.54, 1.807) is 53.4 Å². The lowest BCUT2D eigenvalue weighted by Gasteiger charge is -2.29. The van der Waals surface area contributed by atoms with E-state index in [9.17, 15) is 13.2 Å². The van der Waals surface area contributed by atoms with Gasteiger partial charge in [0, 0.05) is 23.5 Å². The Labute approximate surface area is 171 Å². The molecule has 1 aliphatic heterocycles. The van der Waals surface area contributed by atoms with Gasteiger partial charge < -0.3 is 4.90 Å². The molecule has 5 nitrogen and oxygen atoms in total. The predicted octanol–water partition coefficient (Wildman–Crippen LogP) is 4.39. The average molecular weight is 407 g/mol. The number of rotatable bonds is 4. The first-order valence-electron chi connectivity index (χ1n) is 9.53. The highest BCUT2D eigenvalue weighted by Gasteiger charge is 2.23. The maximum atomic E-state index is 13.1. The molecule has 0 unspecified atom stereocenters. The maximum Gasteiger partial charge on any atom is 0.261 e. The molecule has 0 aliphatic carbocycles. The number of anilines is 2. The highest BCUT2D eigenvalue weighted by molar-refractivity contribution is 7.92. The lowest BCUT2D eigenvalue weighted by molar-refractivity contribution is 0.0985. The molecule has 1 heterocycles. The molecule has 0 bridgehead atoms. The second-order valence-electron chi connectivity index (χ2n) is 7.19. The highest BCUT2D eigenvalue weighted by atomic mass is 32.2. The Hall–Kier alpha value is -3.12. The standard InChI is InChI=1S/C23H22N2O3S/c1-17-11-13-21(14-12-17)29(27,28)24-20-9-4-7-19(16-20)23(26)25-15-5-8-18-6-2-3-10-22(18)25/h2-4,6-7,9-14,16,24H,5,8,15H2,1H3. The molecule has 4 rings (SSSR count). The van der Waals surface area contributed by atoms with Gasteiger partial charge >= 0.3 is 0 Å². The average Bonchev–Trinajstić information content (AvgIpc) is 2.73. The molecule has 0 radical (unpaired) electrons. The van der Waals surface area contributed by atoms with E-state index < -0.39 is 10.0 Å². The third kappa shape index (κ3) is 4.03. The van der Waals surface area contributed by atoms with Gasteiger partial charge in [0.1, 0.15) is 0 Å². The number of hydrogen-bond acceptors (Lipinski definition) is 3. The van der Waals surface area contributed by atoms with Crippen LogP contribution in [0.1, 0.15) is 27.9 Å². The zero-order valence-electron chi connectivity index (χ0n) is 16.1. The van der Waals surface area contributed by atoms with Crippen LogP contribution in [0.25, 0.3) is 0 Å². The van der Waals surface area contributed by atoms with E-state index in [1.807, 2.05) is 31.2 Å². The van der Waals surface area contributed by atoms with Crippen LogP contribution in [-0.2, 0) is 16.4 Å². The van der Waals surface area contributed by atoms with Crippen molar-refractivity contribution >= 4 is 27.3 Å². The van der Waals surface area contributed by atoms with Gasteiger partial charge in [0.15, 0.2) is 0 Å². The fraction of sp³-hybridized carbons (Fsp3) is 0.174. The Balaban J connectivity index is 1.59. The normalized spacial score (nSPS) is 13.6. The van der Waals surface area contributed by atoms with E-state index in [0.717, 1.165) is 29.7 Å². The molecule has 29 heavy (non-hydrogen) atoms. The van der Waals surface area contributed by atoms with Gasteiger partial charge in [0.2, 0.25) is 0 Å². The summed E-state index contributed by atoms with van der Waals surface area (Å²) >= 11 is 0. The fourth-order valence-electron chi connectivity index (χ4n) is 3.55. The quantitative estimate of drug-likeness (QED) is 0.699. The number of amides is 1. The zero-order valence-corrected chi connectivity index (χ0v) is 16.9. The summed E-state index contributed by atoms with van der Waals surface area (Å²) in [6.07, 6.45) is 1.86. The lowest BCUT2D eigenvalue weighted by Crippen LogP contribution is -2.35. The van der Waals surface area contributed by atoms with Gasteiger partial charge in [-0.2, -0.15) is 0 Å². The van der Waals surface area contributed by atoms with Crippen molar-refractivity contribution in [1.82, 2.24) is 0 Å². The van der Waals surface area contributed by atoms with Crippen LogP contribution in [0, 0.1) is 6.92 Å². The lowest BCUT2D eigenvalue weighted by atomic mass is 10.0. The molecule has 0 saturated heterocycles. The van der Waals surface area contributed by atoms with Crippen molar-refractivity contribution in [1.29, 1.82) is 0 Å². The third-order valence-corrected chi connectivity index (χ3v) is 6.45. The number of para-hydroxylation sites is 1. The molecule has 148 valence electrons. The molecule has 6 heteroatoms. The molecule has 3 aromatic carbocycles. The van der Waals surface area contributed by atoms with E-state index in [-0.39, 0.29) is 10.8 Å². The molecule has 1 N–H and O–H groups in total. The molecule has 1 amide bonds. The maximum absolute atomic E-state index is 13.1. The number of sulfonamides is 1. The van der Waals surface area contributed by atoms with Crippen LogP contribution in [0.4, 0.5) is 11.4 Å². The van der Waals surface area contributed by atoms with E-state index >= 15 is 0 Å². The fourth-order valence-corrected chi connectivity index (χ4v) is 4.60. The number of carbonyl (C=O) groups is 1. The van der Waals surface area contributed by atoms with E-state index in [1.165, 1.54) is 0 Å². The van der Waals surface area contributed by atoms with Gasteiger partial charge in [-0.3, -0.25) is 9.52 Å². The topological polar surface area (TPSA) is 66.5 Å². The van der Waals surface area contributed by atoms with Crippen molar-refractivity contribution < 1.29 is 13.2 Å². The van der Waals surface area contributed by atoms with Crippen LogP contribution < -0.4 is 9.62 Å². The second kappa shape index (κ2) is 7.72. The molecular weight excluding hydrogens is 384 g/mol. The number of nitrogens with one attached hydrogen (secondary N) is 1. The molecule has 0 aromatic heterocycles. The number of nitrogens with zero attached hydrogens (tertiary/aromatic N) is 1. The van der Waals surface area contributed by atoms with Crippen molar-refractivity contribution in [2.24, 2.45) is 0 Å². The SMILES string of the molecule is Cc1ccc(S(=O)(=O)Nc2cccc(C(=O)N3CCCc4ccccc43)c2)cc1. The Morgan fingerprint density at radius 2 is 1.72 bits per heavy atom. The minimum atomic E-state index is -3.72. The summed E-state index contributed by atoms with van der Waals surface area (Å²) in [5.41, 5.74) is 3.88. The number of benzene rings is 3. The summed E-state index contributed by atoms with van der Waals surface area (Å²) in [6, 6.07) is 21.2. The number of carbonyl (C=O) groups excluding carboxylic acids is 1. The minimum Gasteiger partial charge on any atom is -0.308 e. The number of hydrogen-bond donors (Lipinski definition) is 1. The summed E-state index contributed by atoms with van der Waals surface area (Å²) in [5, 5.41) is 0. The number of aryl methyl sites for hydroxylation is 2. The van der Waals surface area contributed by atoms with Crippen LogP contribution in [-0.4, -0.2) is 20.9 Å². The summed E-state index contributed by atoms with van der Waals surface area (Å²) in [4.78, 5) is 15.1. The zero-order chi connectivity index (χ0) is 20.4. The van der Waals surface area contributed by atoms with Gasteiger partial charge in [-0.25, -0.2) is 8.42 Å². The molecular formula is C23H22N2O3S. The van der Waals surface area contributed by atoms with Crippen molar-refractivity contribution in [3.05, 3.63) is 89.5 Å². The summed E-state index contributed by atoms with van der Waals surface area (Å²) < 4.78 is 27.9. The molecule has 0 atom stereocenters. The predicted molar refractivity (Wildman–Crippen MR) is 115 cm³/mol. The summed E-state index contributed by atoms with van der Waals surface area (Å²) in [6.45, 7) is 2.55. The Kier molecular flexibility index (Phi) is 5.11. The molecule has 0 saturated carbocycles. The van der Waals surface area contributed by atoms with Crippen molar-refractivity contribution in [2.45, 2.75) is 24.7 Å². The van der Waals surface area contributed by atoms with Gasteiger partial charge in [0.05, 0.1) is 4.90 Å². The molecule has 1 aliphatic rings. The van der Waals surface area contributed by atoms with Crippen molar-refractivity contribution in [3.63, 3.8) is 0 Å². The van der Waals surface area contributed by atoms with Gasteiger partial charge in [-0.15, -0.1) is 0 Å².